The van der Waals surface area contributed by atoms with Gasteiger partial charge in [0.1, 0.15) is 13.2 Å². The summed E-state index contributed by atoms with van der Waals surface area (Å²) in [6.07, 6.45) is 0.324. The van der Waals surface area contributed by atoms with Gasteiger partial charge in [-0.05, 0) is 18.1 Å². The van der Waals surface area contributed by atoms with Crippen LogP contribution in [0.25, 0.3) is 0 Å². The van der Waals surface area contributed by atoms with Crippen molar-refractivity contribution in [2.45, 2.75) is 20.3 Å². The summed E-state index contributed by atoms with van der Waals surface area (Å²) in [7, 11) is 0. The number of carbonyl (C=O) groups excluding carboxylic acids is 1. The molecule has 0 unspecified atom stereocenters. The molecule has 0 atom stereocenters. The molecule has 5 nitrogen and oxygen atoms in total. The molecule has 112 valence electrons. The van der Waals surface area contributed by atoms with Gasteiger partial charge in [-0.25, -0.2) is 0 Å². The van der Waals surface area contributed by atoms with Gasteiger partial charge in [-0.2, -0.15) is 5.26 Å². The Bertz CT molecular complexity index is 549. The number of ether oxygens (including phenoxy) is 2. The molecule has 2 rings (SSSR count). The van der Waals surface area contributed by atoms with Gasteiger partial charge >= 0.3 is 0 Å². The molecule has 0 saturated heterocycles. The first kappa shape index (κ1) is 15.2. The second-order valence-electron chi connectivity index (χ2n) is 5.38. The molecule has 0 aliphatic carbocycles. The van der Waals surface area contributed by atoms with Crippen LogP contribution in [0, 0.1) is 17.2 Å². The molecule has 0 radical (unpaired) electrons. The van der Waals surface area contributed by atoms with Gasteiger partial charge in [-0.1, -0.05) is 19.9 Å². The third-order valence-electron chi connectivity index (χ3n) is 3.16. The predicted molar refractivity (Wildman–Crippen MR) is 78.4 cm³/mol. The summed E-state index contributed by atoms with van der Waals surface area (Å²) < 4.78 is 11.1. The molecule has 1 aliphatic heterocycles. The van der Waals surface area contributed by atoms with E-state index in [1.165, 1.54) is 0 Å². The minimum atomic E-state index is -0.110. The van der Waals surface area contributed by atoms with Crippen molar-refractivity contribution < 1.29 is 14.3 Å². The van der Waals surface area contributed by atoms with Crippen molar-refractivity contribution in [3.63, 3.8) is 0 Å². The van der Waals surface area contributed by atoms with E-state index in [1.807, 2.05) is 13.8 Å². The largest absolute Gasteiger partial charge is 0.486 e. The van der Waals surface area contributed by atoms with Crippen molar-refractivity contribution in [3.05, 3.63) is 23.8 Å². The predicted octanol–water partition coefficient (Wildman–Crippen LogP) is 2.47. The molecule has 0 aromatic heterocycles. The maximum absolute atomic E-state index is 12.7. The van der Waals surface area contributed by atoms with Crippen LogP contribution in [0.4, 0.5) is 0 Å². The van der Waals surface area contributed by atoms with Crippen molar-refractivity contribution >= 4 is 5.91 Å². The molecular weight excluding hydrogens is 268 g/mol. The van der Waals surface area contributed by atoms with Crippen LogP contribution in [0.15, 0.2) is 18.2 Å². The van der Waals surface area contributed by atoms with Gasteiger partial charge in [0.15, 0.2) is 11.5 Å². The van der Waals surface area contributed by atoms with Gasteiger partial charge in [0.05, 0.1) is 18.1 Å². The van der Waals surface area contributed by atoms with Crippen molar-refractivity contribution in [2.75, 3.05) is 26.3 Å². The standard InChI is InChI=1S/C16H20N2O3/c1-12(2)11-18(8-4-7-17)16(19)13-5-3-6-14-15(13)21-10-9-20-14/h3,5-6,12H,4,8-11H2,1-2H3. The Morgan fingerprint density at radius 3 is 2.86 bits per heavy atom. The highest BCUT2D eigenvalue weighted by atomic mass is 16.6. The highest BCUT2D eigenvalue weighted by Crippen LogP contribution is 2.34. The molecule has 0 spiro atoms. The molecule has 0 fully saturated rings. The van der Waals surface area contributed by atoms with E-state index in [4.69, 9.17) is 14.7 Å². The molecule has 1 aliphatic rings. The summed E-state index contributed by atoms with van der Waals surface area (Å²) in [6.45, 7) is 6.08. The van der Waals surface area contributed by atoms with E-state index >= 15 is 0 Å². The zero-order valence-corrected chi connectivity index (χ0v) is 12.5. The third kappa shape index (κ3) is 3.66. The van der Waals surface area contributed by atoms with Crippen LogP contribution in [0.5, 0.6) is 11.5 Å². The molecule has 1 aromatic carbocycles. The molecule has 21 heavy (non-hydrogen) atoms. The van der Waals surface area contributed by atoms with Gasteiger partial charge in [0, 0.05) is 13.1 Å². The average molecular weight is 288 g/mol. The van der Waals surface area contributed by atoms with Crippen LogP contribution in [-0.2, 0) is 0 Å². The second-order valence-corrected chi connectivity index (χ2v) is 5.38. The lowest BCUT2D eigenvalue weighted by molar-refractivity contribution is 0.0729. The molecule has 0 bridgehead atoms. The Morgan fingerprint density at radius 1 is 1.38 bits per heavy atom. The fourth-order valence-corrected chi connectivity index (χ4v) is 2.31. The zero-order chi connectivity index (χ0) is 15.2. The van der Waals surface area contributed by atoms with E-state index in [0.29, 0.717) is 55.7 Å². The maximum Gasteiger partial charge on any atom is 0.257 e. The Morgan fingerprint density at radius 2 is 2.14 bits per heavy atom. The van der Waals surface area contributed by atoms with Crippen LogP contribution in [-0.4, -0.2) is 37.1 Å². The average Bonchev–Trinajstić information content (AvgIpc) is 2.50. The van der Waals surface area contributed by atoms with Crippen LogP contribution in [0.1, 0.15) is 30.6 Å². The Labute approximate surface area is 125 Å². The van der Waals surface area contributed by atoms with Crippen molar-refractivity contribution in [1.29, 1.82) is 5.26 Å². The second kappa shape index (κ2) is 6.98. The number of amides is 1. The fourth-order valence-electron chi connectivity index (χ4n) is 2.31. The van der Waals surface area contributed by atoms with Crippen LogP contribution in [0.3, 0.4) is 0 Å². The SMILES string of the molecule is CC(C)CN(CCC#N)C(=O)c1cccc2c1OCCO2. The molecule has 1 amide bonds. The van der Waals surface area contributed by atoms with Gasteiger partial charge in [-0.15, -0.1) is 0 Å². The van der Waals surface area contributed by atoms with Gasteiger partial charge in [0.2, 0.25) is 0 Å². The Kier molecular flexibility index (Phi) is 5.04. The lowest BCUT2D eigenvalue weighted by atomic mass is 10.1. The smallest absolute Gasteiger partial charge is 0.257 e. The van der Waals surface area contributed by atoms with E-state index in [2.05, 4.69) is 6.07 Å². The fraction of sp³-hybridized carbons (Fsp3) is 0.500. The van der Waals surface area contributed by atoms with Gasteiger partial charge < -0.3 is 14.4 Å². The number of para-hydroxylation sites is 1. The molecule has 0 saturated carbocycles. The monoisotopic (exact) mass is 288 g/mol. The van der Waals surface area contributed by atoms with Crippen molar-refractivity contribution in [2.24, 2.45) is 5.92 Å². The first-order valence-corrected chi connectivity index (χ1v) is 7.18. The highest BCUT2D eigenvalue weighted by Gasteiger charge is 2.24. The maximum atomic E-state index is 12.7. The number of hydrogen-bond donors (Lipinski definition) is 0. The van der Waals surface area contributed by atoms with Crippen molar-refractivity contribution in [3.8, 4) is 17.6 Å². The van der Waals surface area contributed by atoms with Gasteiger partial charge in [-0.3, -0.25) is 4.79 Å². The lowest BCUT2D eigenvalue weighted by Crippen LogP contribution is -2.35. The minimum Gasteiger partial charge on any atom is -0.486 e. The summed E-state index contributed by atoms with van der Waals surface area (Å²) in [5, 5.41) is 8.76. The number of fused-ring (bicyclic) bond motifs is 1. The highest BCUT2D eigenvalue weighted by molar-refractivity contribution is 5.98. The number of rotatable bonds is 5. The van der Waals surface area contributed by atoms with E-state index in [-0.39, 0.29) is 5.91 Å². The Hall–Kier alpha value is -2.22. The number of carbonyl (C=O) groups is 1. The molecular formula is C16H20N2O3. The van der Waals surface area contributed by atoms with Crippen LogP contribution < -0.4 is 9.47 Å². The first-order chi connectivity index (χ1) is 10.1. The quantitative estimate of drug-likeness (QED) is 0.835. The number of nitrogens with zero attached hydrogens (tertiary/aromatic N) is 2. The zero-order valence-electron chi connectivity index (χ0n) is 12.5. The van der Waals surface area contributed by atoms with Gasteiger partial charge in [0.25, 0.3) is 5.91 Å². The van der Waals surface area contributed by atoms with Crippen LogP contribution in [0.2, 0.25) is 0 Å². The lowest BCUT2D eigenvalue weighted by Gasteiger charge is -2.26. The van der Waals surface area contributed by atoms with Crippen molar-refractivity contribution in [1.82, 2.24) is 4.90 Å². The summed E-state index contributed by atoms with van der Waals surface area (Å²) in [5.74, 6) is 1.35. The number of hydrogen-bond acceptors (Lipinski definition) is 4. The number of nitriles is 1. The molecule has 0 N–H and O–H groups in total. The normalized spacial score (nSPS) is 12.9. The first-order valence-electron chi connectivity index (χ1n) is 7.18. The van der Waals surface area contributed by atoms with Crippen LogP contribution >= 0.6 is 0 Å². The summed E-state index contributed by atoms with van der Waals surface area (Å²) >= 11 is 0. The molecule has 5 heteroatoms. The third-order valence-corrected chi connectivity index (χ3v) is 3.16. The van der Waals surface area contributed by atoms with E-state index in [1.54, 1.807) is 23.1 Å². The van der Waals surface area contributed by atoms with E-state index in [0.717, 1.165) is 0 Å². The summed E-state index contributed by atoms with van der Waals surface area (Å²) in [6, 6.07) is 7.43. The minimum absolute atomic E-state index is 0.110. The topological polar surface area (TPSA) is 62.6 Å². The molecule has 1 heterocycles. The Balaban J connectivity index is 2.26. The summed E-state index contributed by atoms with van der Waals surface area (Å²) in [5.41, 5.74) is 0.505. The van der Waals surface area contributed by atoms with E-state index < -0.39 is 0 Å². The van der Waals surface area contributed by atoms with E-state index in [9.17, 15) is 4.79 Å². The number of benzene rings is 1. The molecule has 1 aromatic rings. The summed E-state index contributed by atoms with van der Waals surface area (Å²) in [4.78, 5) is 14.4.